The number of benzene rings is 1. The fourth-order valence-corrected chi connectivity index (χ4v) is 2.00. The molecular formula is C15H18N2O4. The van der Waals surface area contributed by atoms with Crippen molar-refractivity contribution < 1.29 is 19.1 Å². The number of aliphatic imine (C=N–C) groups is 1. The quantitative estimate of drug-likeness (QED) is 0.838. The third-order valence-electron chi connectivity index (χ3n) is 2.75. The van der Waals surface area contributed by atoms with Crippen molar-refractivity contribution in [3.8, 4) is 0 Å². The summed E-state index contributed by atoms with van der Waals surface area (Å²) < 4.78 is 10.2. The highest BCUT2D eigenvalue weighted by atomic mass is 16.6. The van der Waals surface area contributed by atoms with Gasteiger partial charge in [-0.05, 0) is 26.8 Å². The lowest BCUT2D eigenvalue weighted by Gasteiger charge is -2.17. The Kier molecular flexibility index (Phi) is 4.09. The molecular weight excluding hydrogens is 272 g/mol. The molecule has 0 spiro atoms. The van der Waals surface area contributed by atoms with Crippen LogP contribution in [-0.4, -0.2) is 37.2 Å². The van der Waals surface area contributed by atoms with Crippen molar-refractivity contribution in [3.63, 3.8) is 0 Å². The van der Waals surface area contributed by atoms with Crippen molar-refractivity contribution in [1.82, 2.24) is 0 Å². The number of amides is 2. The Labute approximate surface area is 123 Å². The van der Waals surface area contributed by atoms with E-state index in [1.807, 2.05) is 6.07 Å². The summed E-state index contributed by atoms with van der Waals surface area (Å²) in [5.41, 5.74) is 0.697. The number of hydrogen-bond acceptors (Lipinski definition) is 4. The SMILES string of the molecule is COCN1C(=O)/C(=N/C(=O)OC(C)(C)C)c2ccccc21. The molecule has 0 saturated heterocycles. The molecule has 0 unspecified atom stereocenters. The normalized spacial score (nSPS) is 16.3. The predicted octanol–water partition coefficient (Wildman–Crippen LogP) is 2.36. The molecule has 1 aromatic rings. The van der Waals surface area contributed by atoms with Crippen LogP contribution < -0.4 is 4.90 Å². The second kappa shape index (κ2) is 5.65. The van der Waals surface area contributed by atoms with Crippen LogP contribution in [0.15, 0.2) is 29.3 Å². The molecule has 0 N–H and O–H groups in total. The summed E-state index contributed by atoms with van der Waals surface area (Å²) in [7, 11) is 1.50. The van der Waals surface area contributed by atoms with Crippen LogP contribution in [0.4, 0.5) is 10.5 Å². The van der Waals surface area contributed by atoms with E-state index in [1.54, 1.807) is 39.0 Å². The molecule has 0 saturated carbocycles. The van der Waals surface area contributed by atoms with E-state index < -0.39 is 11.7 Å². The fourth-order valence-electron chi connectivity index (χ4n) is 2.00. The summed E-state index contributed by atoms with van der Waals surface area (Å²) >= 11 is 0. The van der Waals surface area contributed by atoms with Gasteiger partial charge in [0.15, 0.2) is 0 Å². The smallest absolute Gasteiger partial charge is 0.434 e. The Balaban J connectivity index is 2.36. The van der Waals surface area contributed by atoms with E-state index in [4.69, 9.17) is 9.47 Å². The van der Waals surface area contributed by atoms with Gasteiger partial charge in [-0.25, -0.2) is 4.79 Å². The van der Waals surface area contributed by atoms with Crippen LogP contribution in [0.3, 0.4) is 0 Å². The Hall–Kier alpha value is -2.21. The first kappa shape index (κ1) is 15.2. The van der Waals surface area contributed by atoms with Crippen molar-refractivity contribution >= 4 is 23.4 Å². The van der Waals surface area contributed by atoms with Gasteiger partial charge in [0.25, 0.3) is 5.91 Å². The molecule has 0 aromatic heterocycles. The monoisotopic (exact) mass is 290 g/mol. The van der Waals surface area contributed by atoms with Crippen LogP contribution >= 0.6 is 0 Å². The summed E-state index contributed by atoms with van der Waals surface area (Å²) in [6.07, 6.45) is -0.778. The van der Waals surface area contributed by atoms with Crippen LogP contribution in [0.5, 0.6) is 0 Å². The molecule has 21 heavy (non-hydrogen) atoms. The Morgan fingerprint density at radius 3 is 2.57 bits per heavy atom. The Morgan fingerprint density at radius 1 is 1.29 bits per heavy atom. The second-order valence-electron chi connectivity index (χ2n) is 5.61. The van der Waals surface area contributed by atoms with Gasteiger partial charge in [-0.3, -0.25) is 9.69 Å². The first-order valence-corrected chi connectivity index (χ1v) is 6.55. The predicted molar refractivity (Wildman–Crippen MR) is 78.6 cm³/mol. The van der Waals surface area contributed by atoms with E-state index in [-0.39, 0.29) is 18.3 Å². The van der Waals surface area contributed by atoms with Crippen molar-refractivity contribution in [1.29, 1.82) is 0 Å². The Bertz CT molecular complexity index is 602. The zero-order chi connectivity index (χ0) is 15.6. The first-order valence-electron chi connectivity index (χ1n) is 6.55. The number of nitrogens with zero attached hydrogens (tertiary/aromatic N) is 2. The van der Waals surface area contributed by atoms with Gasteiger partial charge in [-0.1, -0.05) is 18.2 Å². The van der Waals surface area contributed by atoms with Gasteiger partial charge >= 0.3 is 6.09 Å². The van der Waals surface area contributed by atoms with E-state index in [2.05, 4.69) is 4.99 Å². The number of fused-ring (bicyclic) bond motifs is 1. The topological polar surface area (TPSA) is 68.2 Å². The first-order chi connectivity index (χ1) is 9.83. The summed E-state index contributed by atoms with van der Waals surface area (Å²) in [6.45, 7) is 5.33. The molecule has 1 aliphatic rings. The lowest BCUT2D eigenvalue weighted by Crippen LogP contribution is -2.32. The zero-order valence-corrected chi connectivity index (χ0v) is 12.5. The molecule has 0 aliphatic carbocycles. The number of hydrogen-bond donors (Lipinski definition) is 0. The van der Waals surface area contributed by atoms with Crippen molar-refractivity contribution in [3.05, 3.63) is 29.8 Å². The lowest BCUT2D eigenvalue weighted by atomic mass is 10.1. The van der Waals surface area contributed by atoms with Gasteiger partial charge in [-0.15, -0.1) is 0 Å². The lowest BCUT2D eigenvalue weighted by molar-refractivity contribution is -0.113. The molecule has 1 heterocycles. The van der Waals surface area contributed by atoms with E-state index in [1.165, 1.54) is 12.0 Å². The zero-order valence-electron chi connectivity index (χ0n) is 12.5. The molecule has 2 rings (SSSR count). The van der Waals surface area contributed by atoms with E-state index >= 15 is 0 Å². The summed E-state index contributed by atoms with van der Waals surface area (Å²) in [5, 5.41) is 0. The highest BCUT2D eigenvalue weighted by Crippen LogP contribution is 2.29. The maximum atomic E-state index is 12.4. The van der Waals surface area contributed by atoms with Crippen molar-refractivity contribution in [2.24, 2.45) is 4.99 Å². The van der Waals surface area contributed by atoms with Crippen LogP contribution in [0, 0.1) is 0 Å². The third-order valence-corrected chi connectivity index (χ3v) is 2.75. The number of carbonyl (C=O) groups is 2. The molecule has 0 radical (unpaired) electrons. The number of para-hydroxylation sites is 1. The fraction of sp³-hybridized carbons (Fsp3) is 0.400. The second-order valence-corrected chi connectivity index (χ2v) is 5.61. The van der Waals surface area contributed by atoms with Crippen LogP contribution in [-0.2, 0) is 14.3 Å². The van der Waals surface area contributed by atoms with Crippen molar-refractivity contribution in [2.45, 2.75) is 26.4 Å². The summed E-state index contributed by atoms with van der Waals surface area (Å²) in [6, 6.07) is 7.12. The minimum atomic E-state index is -0.778. The molecule has 2 amide bonds. The van der Waals surface area contributed by atoms with Gasteiger partial charge < -0.3 is 9.47 Å². The van der Waals surface area contributed by atoms with Crippen LogP contribution in [0.25, 0.3) is 0 Å². The average molecular weight is 290 g/mol. The van der Waals surface area contributed by atoms with Crippen molar-refractivity contribution in [2.75, 3.05) is 18.7 Å². The van der Waals surface area contributed by atoms with Gasteiger partial charge in [0.2, 0.25) is 0 Å². The van der Waals surface area contributed by atoms with E-state index in [9.17, 15) is 9.59 Å². The molecule has 6 heteroatoms. The number of methoxy groups -OCH3 is 1. The molecule has 0 fully saturated rings. The van der Waals surface area contributed by atoms with E-state index in [0.717, 1.165) is 0 Å². The molecule has 6 nitrogen and oxygen atoms in total. The van der Waals surface area contributed by atoms with Crippen LogP contribution in [0.1, 0.15) is 26.3 Å². The molecule has 1 aliphatic heterocycles. The van der Waals surface area contributed by atoms with Crippen LogP contribution in [0.2, 0.25) is 0 Å². The number of carbonyl (C=O) groups excluding carboxylic acids is 2. The highest BCUT2D eigenvalue weighted by Gasteiger charge is 2.34. The number of ether oxygens (including phenoxy) is 2. The maximum absolute atomic E-state index is 12.4. The van der Waals surface area contributed by atoms with Gasteiger partial charge in [0.1, 0.15) is 18.0 Å². The molecule has 0 atom stereocenters. The maximum Gasteiger partial charge on any atom is 0.434 e. The highest BCUT2D eigenvalue weighted by molar-refractivity contribution is 6.55. The number of anilines is 1. The minimum absolute atomic E-state index is 0.0805. The standard InChI is InChI=1S/C15H18N2O4/c1-15(2,3)21-14(19)16-12-10-7-5-6-8-11(10)17(9-20-4)13(12)18/h5-8H,9H2,1-4H3/b16-12+. The summed E-state index contributed by atoms with van der Waals surface area (Å²) in [5.74, 6) is -0.371. The Morgan fingerprint density at radius 2 is 1.95 bits per heavy atom. The molecule has 0 bridgehead atoms. The van der Waals surface area contributed by atoms with Gasteiger partial charge in [0, 0.05) is 12.7 Å². The minimum Gasteiger partial charge on any atom is -0.442 e. The largest absolute Gasteiger partial charge is 0.442 e. The molecule has 1 aromatic carbocycles. The number of rotatable bonds is 2. The van der Waals surface area contributed by atoms with Gasteiger partial charge in [0.05, 0.1) is 5.69 Å². The molecule has 112 valence electrons. The average Bonchev–Trinajstić information content (AvgIpc) is 2.63. The summed E-state index contributed by atoms with van der Waals surface area (Å²) in [4.78, 5) is 29.4. The third kappa shape index (κ3) is 3.28. The van der Waals surface area contributed by atoms with Gasteiger partial charge in [-0.2, -0.15) is 4.99 Å². The van der Waals surface area contributed by atoms with E-state index in [0.29, 0.717) is 11.3 Å².